The maximum atomic E-state index is 12.3. The molecule has 0 radical (unpaired) electrons. The second-order valence-electron chi connectivity index (χ2n) is 6.06. The van der Waals surface area contributed by atoms with Crippen LogP contribution < -0.4 is 10.5 Å². The predicted molar refractivity (Wildman–Crippen MR) is 99.3 cm³/mol. The number of rotatable bonds is 4. The van der Waals surface area contributed by atoms with E-state index in [1.54, 1.807) is 18.2 Å². The van der Waals surface area contributed by atoms with Gasteiger partial charge in [-0.15, -0.1) is 0 Å². The highest BCUT2D eigenvalue weighted by molar-refractivity contribution is 7.82. The third-order valence-electron chi connectivity index (χ3n) is 3.98. The van der Waals surface area contributed by atoms with Crippen LogP contribution in [0.25, 0.3) is 0 Å². The Morgan fingerprint density at radius 1 is 1.25 bits per heavy atom. The number of halogens is 3. The summed E-state index contributed by atoms with van der Waals surface area (Å²) >= 11 is 0. The zero-order valence-electron chi connectivity index (χ0n) is 14.9. The summed E-state index contributed by atoms with van der Waals surface area (Å²) < 4.78 is 53.2. The Labute approximate surface area is 163 Å². The quantitative estimate of drug-likeness (QED) is 0.809. The number of benzene rings is 2. The Hall–Kier alpha value is -2.25. The van der Waals surface area contributed by atoms with Gasteiger partial charge in [0.05, 0.1) is 34.8 Å². The van der Waals surface area contributed by atoms with Crippen molar-refractivity contribution in [2.75, 3.05) is 13.1 Å². The van der Waals surface area contributed by atoms with Crippen LogP contribution in [0.2, 0.25) is 0 Å². The molecule has 1 aliphatic rings. The molecule has 9 heteroatoms. The van der Waals surface area contributed by atoms with Crippen molar-refractivity contribution in [3.8, 4) is 6.07 Å². The van der Waals surface area contributed by atoms with E-state index in [0.29, 0.717) is 17.1 Å². The smallest absolute Gasteiger partial charge is 0.372 e. The minimum absolute atomic E-state index is 0.178. The second-order valence-corrected chi connectivity index (χ2v) is 7.12. The van der Waals surface area contributed by atoms with Gasteiger partial charge < -0.3 is 10.1 Å². The van der Waals surface area contributed by atoms with Crippen molar-refractivity contribution in [3.05, 3.63) is 65.2 Å². The van der Waals surface area contributed by atoms with Crippen molar-refractivity contribution in [1.82, 2.24) is 5.32 Å². The monoisotopic (exact) mass is 411 g/mol. The van der Waals surface area contributed by atoms with E-state index in [0.717, 1.165) is 37.2 Å². The molecule has 0 aromatic heterocycles. The maximum Gasteiger partial charge on any atom is 0.416 e. The SMILES string of the molecule is FC(F)(F)c1ccc(COC2CCNC2)cc1.N#Cc1cccc(S(N)=O)c1. The lowest BCUT2D eigenvalue weighted by molar-refractivity contribution is -0.137. The van der Waals surface area contributed by atoms with Crippen LogP contribution in [0, 0.1) is 11.3 Å². The van der Waals surface area contributed by atoms with Crippen molar-refractivity contribution in [2.24, 2.45) is 5.14 Å². The van der Waals surface area contributed by atoms with Crippen molar-refractivity contribution in [2.45, 2.75) is 30.2 Å². The summed E-state index contributed by atoms with van der Waals surface area (Å²) in [7, 11) is -1.49. The summed E-state index contributed by atoms with van der Waals surface area (Å²) in [4.78, 5) is 0.476. The molecule has 3 N–H and O–H groups in total. The summed E-state index contributed by atoms with van der Waals surface area (Å²) in [6.07, 6.45) is -3.13. The fourth-order valence-corrected chi connectivity index (χ4v) is 2.92. The lowest BCUT2D eigenvalue weighted by Gasteiger charge is -2.11. The van der Waals surface area contributed by atoms with Gasteiger partial charge in [0.15, 0.2) is 0 Å². The standard InChI is InChI=1S/C12H14F3NO.C7H6N2OS/c13-12(14,15)10-3-1-9(2-4-10)8-17-11-5-6-16-7-11;8-5-6-2-1-3-7(4-6)11(9)10/h1-4,11,16H,5-8H2;1-4H,9H2. The number of ether oxygens (including phenoxy) is 1. The molecular weight excluding hydrogens is 391 g/mol. The highest BCUT2D eigenvalue weighted by Crippen LogP contribution is 2.29. The minimum atomic E-state index is -4.27. The number of nitrogens with zero attached hydrogens (tertiary/aromatic N) is 1. The molecule has 2 unspecified atom stereocenters. The first-order valence-electron chi connectivity index (χ1n) is 8.44. The number of hydrogen-bond donors (Lipinski definition) is 2. The fraction of sp³-hybridized carbons (Fsp3) is 0.316. The molecule has 0 aliphatic carbocycles. The Kier molecular flexibility index (Phi) is 8.14. The highest BCUT2D eigenvalue weighted by atomic mass is 32.2. The Balaban J connectivity index is 0.000000221. The normalized spacial score (nSPS) is 17.3. The second kappa shape index (κ2) is 10.3. The first-order chi connectivity index (χ1) is 13.3. The van der Waals surface area contributed by atoms with Gasteiger partial charge in [-0.2, -0.15) is 18.4 Å². The van der Waals surface area contributed by atoms with Crippen molar-refractivity contribution >= 4 is 11.0 Å². The van der Waals surface area contributed by atoms with Crippen LogP contribution in [0.3, 0.4) is 0 Å². The topological polar surface area (TPSA) is 88.1 Å². The van der Waals surface area contributed by atoms with Crippen LogP contribution in [0.5, 0.6) is 0 Å². The van der Waals surface area contributed by atoms with Gasteiger partial charge in [0, 0.05) is 6.54 Å². The van der Waals surface area contributed by atoms with E-state index < -0.39 is 22.7 Å². The Morgan fingerprint density at radius 2 is 1.96 bits per heavy atom. The van der Waals surface area contributed by atoms with E-state index in [2.05, 4.69) is 5.32 Å². The molecule has 2 aromatic carbocycles. The number of nitriles is 1. The van der Waals surface area contributed by atoms with Crippen molar-refractivity contribution < 1.29 is 22.1 Å². The molecule has 1 saturated heterocycles. The zero-order chi connectivity index (χ0) is 20.6. The number of alkyl halides is 3. The Bertz CT molecular complexity index is 830. The zero-order valence-corrected chi connectivity index (χ0v) is 15.7. The molecule has 3 rings (SSSR count). The first kappa shape index (κ1) is 22.0. The lowest BCUT2D eigenvalue weighted by atomic mass is 10.1. The van der Waals surface area contributed by atoms with Gasteiger partial charge >= 0.3 is 6.18 Å². The van der Waals surface area contributed by atoms with Gasteiger partial charge in [0.25, 0.3) is 0 Å². The maximum absolute atomic E-state index is 12.3. The Morgan fingerprint density at radius 3 is 2.50 bits per heavy atom. The molecule has 28 heavy (non-hydrogen) atoms. The van der Waals surface area contributed by atoms with Crippen LogP contribution >= 0.6 is 0 Å². The summed E-state index contributed by atoms with van der Waals surface area (Å²) in [6, 6.07) is 13.5. The predicted octanol–water partition coefficient (Wildman–Crippen LogP) is 3.12. The largest absolute Gasteiger partial charge is 0.416 e. The lowest BCUT2D eigenvalue weighted by Crippen LogP contribution is -2.16. The number of hydrogen-bond acceptors (Lipinski definition) is 4. The minimum Gasteiger partial charge on any atom is -0.372 e. The molecule has 0 spiro atoms. The summed E-state index contributed by atoms with van der Waals surface area (Å²) in [6.45, 7) is 2.13. The van der Waals surface area contributed by atoms with Crippen LogP contribution in [0.1, 0.15) is 23.1 Å². The summed E-state index contributed by atoms with van der Waals surface area (Å²) in [5.74, 6) is 0. The van der Waals surface area contributed by atoms with Gasteiger partial charge in [0.2, 0.25) is 0 Å². The van der Waals surface area contributed by atoms with Crippen molar-refractivity contribution in [3.63, 3.8) is 0 Å². The van der Waals surface area contributed by atoms with Gasteiger partial charge in [-0.3, -0.25) is 0 Å². The molecular formula is C19H20F3N3O2S. The van der Waals surface area contributed by atoms with Crippen LogP contribution in [0.15, 0.2) is 53.4 Å². The fourth-order valence-electron chi connectivity index (χ4n) is 2.47. The van der Waals surface area contributed by atoms with Gasteiger partial charge in [-0.25, -0.2) is 9.35 Å². The number of nitrogens with two attached hydrogens (primary N) is 1. The third kappa shape index (κ3) is 7.05. The molecule has 2 aromatic rings. The van der Waals surface area contributed by atoms with E-state index in [1.165, 1.54) is 18.2 Å². The van der Waals surface area contributed by atoms with Crippen molar-refractivity contribution in [1.29, 1.82) is 5.26 Å². The average molecular weight is 411 g/mol. The molecule has 0 amide bonds. The molecule has 1 aliphatic heterocycles. The van der Waals surface area contributed by atoms with E-state index >= 15 is 0 Å². The molecule has 5 nitrogen and oxygen atoms in total. The summed E-state index contributed by atoms with van der Waals surface area (Å²) in [5, 5.41) is 16.7. The van der Waals surface area contributed by atoms with E-state index in [1.807, 2.05) is 6.07 Å². The molecule has 150 valence electrons. The molecule has 0 bridgehead atoms. The molecule has 1 fully saturated rings. The average Bonchev–Trinajstić information content (AvgIpc) is 3.20. The van der Waals surface area contributed by atoms with Crippen LogP contribution in [-0.2, 0) is 28.5 Å². The van der Waals surface area contributed by atoms with Crippen LogP contribution in [-0.4, -0.2) is 23.4 Å². The third-order valence-corrected chi connectivity index (χ3v) is 4.70. The molecule has 0 saturated carbocycles. The van der Waals surface area contributed by atoms with E-state index in [4.69, 9.17) is 15.1 Å². The van der Waals surface area contributed by atoms with Crippen LogP contribution in [0.4, 0.5) is 13.2 Å². The molecule has 1 heterocycles. The van der Waals surface area contributed by atoms with E-state index in [-0.39, 0.29) is 6.10 Å². The van der Waals surface area contributed by atoms with Gasteiger partial charge in [-0.1, -0.05) is 18.2 Å². The highest BCUT2D eigenvalue weighted by Gasteiger charge is 2.29. The first-order valence-corrected chi connectivity index (χ1v) is 9.65. The summed E-state index contributed by atoms with van der Waals surface area (Å²) in [5.41, 5.74) is 0.620. The molecule has 2 atom stereocenters. The van der Waals surface area contributed by atoms with Gasteiger partial charge in [-0.05, 0) is 48.9 Å². The van der Waals surface area contributed by atoms with E-state index in [9.17, 15) is 17.4 Å². The number of nitrogens with one attached hydrogen (secondary N) is 1. The van der Waals surface area contributed by atoms with Gasteiger partial charge in [0.1, 0.15) is 11.0 Å².